The summed E-state index contributed by atoms with van der Waals surface area (Å²) < 4.78 is 11.8. The third-order valence-corrected chi connectivity index (χ3v) is 13.8. The Morgan fingerprint density at radius 3 is 1.21 bits per heavy atom. The molecule has 1 fully saturated rings. The molecule has 0 bridgehead atoms. The van der Waals surface area contributed by atoms with Gasteiger partial charge < -0.3 is 19.5 Å². The summed E-state index contributed by atoms with van der Waals surface area (Å²) in [6.45, 7) is 17.8. The van der Waals surface area contributed by atoms with Crippen LogP contribution < -0.4 is 0 Å². The minimum absolute atomic E-state index is 0.00614. The van der Waals surface area contributed by atoms with Gasteiger partial charge in [-0.05, 0) is 109 Å². The first-order valence-corrected chi connectivity index (χ1v) is 27.3. The van der Waals surface area contributed by atoms with Gasteiger partial charge in [-0.2, -0.15) is 0 Å². The second kappa shape index (κ2) is 42.8. The molecule has 0 heterocycles. The number of rotatable bonds is 45. The summed E-state index contributed by atoms with van der Waals surface area (Å²) >= 11 is 0. The molecule has 0 aliphatic heterocycles. The van der Waals surface area contributed by atoms with Crippen molar-refractivity contribution in [1.82, 2.24) is 9.80 Å². The molecule has 1 N–H and O–H groups in total. The lowest BCUT2D eigenvalue weighted by molar-refractivity contribution is -0.146. The number of ether oxygens (including phenoxy) is 2. The van der Waals surface area contributed by atoms with E-state index in [1.807, 2.05) is 0 Å². The molecule has 61 heavy (non-hydrogen) atoms. The highest BCUT2D eigenvalue weighted by molar-refractivity contribution is 5.69. The van der Waals surface area contributed by atoms with Crippen molar-refractivity contribution in [1.29, 1.82) is 0 Å². The average molecular weight is 863 g/mol. The predicted octanol–water partition coefficient (Wildman–Crippen LogP) is 14.8. The van der Waals surface area contributed by atoms with Crippen molar-refractivity contribution in [2.24, 2.45) is 11.8 Å². The second-order valence-electron chi connectivity index (χ2n) is 19.5. The maximum Gasteiger partial charge on any atom is 0.305 e. The number of carbonyl (C=O) groups is 2. The van der Waals surface area contributed by atoms with Crippen LogP contribution in [0.25, 0.3) is 0 Å². The average Bonchev–Trinajstić information content (AvgIpc) is 3.26. The van der Waals surface area contributed by atoms with E-state index in [9.17, 15) is 14.7 Å². The normalized spacial score (nSPS) is 16.7. The third kappa shape index (κ3) is 34.8. The number of hydrogen-bond acceptors (Lipinski definition) is 7. The van der Waals surface area contributed by atoms with Crippen LogP contribution in [0.15, 0.2) is 0 Å². The van der Waals surface area contributed by atoms with Gasteiger partial charge in [-0.25, -0.2) is 0 Å². The standard InChI is InChI=1S/C54H106N2O5/c1-6-11-15-19-21-27-35-49(33-25-17-13-8-3)47-60-53(58)37-29-23-31-43-55(45-46-56(10-5)51-39-41-52(57)42-40-51)44-32-24-30-38-54(59)61-48-50(34-26-18-14-9-4)36-28-22-20-16-12-7-2/h49-52,57H,6-48H2,1-5H3. The molecule has 0 radical (unpaired) electrons. The molecular formula is C54H106N2O5. The van der Waals surface area contributed by atoms with E-state index in [4.69, 9.17) is 9.47 Å². The Kier molecular flexibility index (Phi) is 40.5. The number of hydrogen-bond donors (Lipinski definition) is 1. The third-order valence-electron chi connectivity index (χ3n) is 13.8. The molecule has 362 valence electrons. The van der Waals surface area contributed by atoms with Crippen LogP contribution in [0.1, 0.15) is 266 Å². The fraction of sp³-hybridized carbons (Fsp3) is 0.963. The lowest BCUT2D eigenvalue weighted by Crippen LogP contribution is -2.43. The van der Waals surface area contributed by atoms with Gasteiger partial charge in [0.15, 0.2) is 0 Å². The molecule has 0 aromatic carbocycles. The van der Waals surface area contributed by atoms with Gasteiger partial charge in [0.2, 0.25) is 0 Å². The molecule has 0 amide bonds. The number of aliphatic hydroxyl groups is 1. The minimum atomic E-state index is -0.120. The zero-order valence-electron chi connectivity index (χ0n) is 41.7. The largest absolute Gasteiger partial charge is 0.465 e. The van der Waals surface area contributed by atoms with E-state index in [-0.39, 0.29) is 18.0 Å². The Labute approximate surface area is 380 Å². The molecule has 2 unspecified atom stereocenters. The summed E-state index contributed by atoms with van der Waals surface area (Å²) in [6, 6.07) is 0.579. The predicted molar refractivity (Wildman–Crippen MR) is 261 cm³/mol. The molecule has 0 saturated heterocycles. The van der Waals surface area contributed by atoms with E-state index in [1.165, 1.54) is 154 Å². The van der Waals surface area contributed by atoms with E-state index in [1.54, 1.807) is 0 Å². The summed E-state index contributed by atoms with van der Waals surface area (Å²) in [4.78, 5) is 30.9. The molecule has 1 saturated carbocycles. The van der Waals surface area contributed by atoms with Crippen LogP contribution in [0, 0.1) is 11.8 Å². The molecular weight excluding hydrogens is 757 g/mol. The van der Waals surface area contributed by atoms with Crippen LogP contribution in [0.2, 0.25) is 0 Å². The number of unbranched alkanes of at least 4 members (excludes halogenated alkanes) is 20. The van der Waals surface area contributed by atoms with Gasteiger partial charge in [0.1, 0.15) is 0 Å². The fourth-order valence-corrected chi connectivity index (χ4v) is 9.52. The van der Waals surface area contributed by atoms with Gasteiger partial charge in [-0.3, -0.25) is 14.5 Å². The first-order chi connectivity index (χ1) is 29.9. The molecule has 7 nitrogen and oxygen atoms in total. The van der Waals surface area contributed by atoms with Gasteiger partial charge in [-0.15, -0.1) is 0 Å². The van der Waals surface area contributed by atoms with Gasteiger partial charge in [0, 0.05) is 32.0 Å². The zero-order valence-corrected chi connectivity index (χ0v) is 41.7. The first-order valence-electron chi connectivity index (χ1n) is 27.3. The Hall–Kier alpha value is -1.18. The SMILES string of the molecule is CCCCCCCCC(CCCCCC)COC(=O)CCCCCN(CCCCCC(=O)OCC(CCCCCC)CCCCCCCC)CCN(CC)C1CCC(O)CC1. The van der Waals surface area contributed by atoms with Crippen LogP contribution in [0.3, 0.4) is 0 Å². The first kappa shape index (κ1) is 57.8. The number of aliphatic hydroxyl groups excluding tert-OH is 1. The smallest absolute Gasteiger partial charge is 0.305 e. The number of nitrogens with zero attached hydrogens (tertiary/aromatic N) is 2. The van der Waals surface area contributed by atoms with E-state index < -0.39 is 0 Å². The van der Waals surface area contributed by atoms with E-state index >= 15 is 0 Å². The van der Waals surface area contributed by atoms with Gasteiger partial charge in [-0.1, -0.05) is 176 Å². The Morgan fingerprint density at radius 1 is 0.459 bits per heavy atom. The number of esters is 2. The second-order valence-corrected chi connectivity index (χ2v) is 19.5. The number of carbonyl (C=O) groups excluding carboxylic acids is 2. The van der Waals surface area contributed by atoms with Crippen LogP contribution in [-0.2, 0) is 19.1 Å². The van der Waals surface area contributed by atoms with Crippen LogP contribution in [-0.4, -0.2) is 84.9 Å². The Balaban J connectivity index is 2.53. The topological polar surface area (TPSA) is 79.3 Å². The van der Waals surface area contributed by atoms with Gasteiger partial charge in [0.25, 0.3) is 0 Å². The lowest BCUT2D eigenvalue weighted by Gasteiger charge is -2.36. The van der Waals surface area contributed by atoms with E-state index in [0.29, 0.717) is 43.9 Å². The fourth-order valence-electron chi connectivity index (χ4n) is 9.52. The zero-order chi connectivity index (χ0) is 44.4. The van der Waals surface area contributed by atoms with Crippen molar-refractivity contribution in [2.45, 2.75) is 278 Å². The van der Waals surface area contributed by atoms with Crippen molar-refractivity contribution in [2.75, 3.05) is 45.9 Å². The molecule has 7 heteroatoms. The maximum atomic E-state index is 12.8. The van der Waals surface area contributed by atoms with Crippen LogP contribution in [0.4, 0.5) is 0 Å². The minimum Gasteiger partial charge on any atom is -0.465 e. The van der Waals surface area contributed by atoms with Crippen molar-refractivity contribution in [3.05, 3.63) is 0 Å². The molecule has 0 aromatic heterocycles. The van der Waals surface area contributed by atoms with Crippen molar-refractivity contribution >= 4 is 11.9 Å². The highest BCUT2D eigenvalue weighted by atomic mass is 16.5. The lowest BCUT2D eigenvalue weighted by atomic mass is 9.92. The van der Waals surface area contributed by atoms with E-state index in [0.717, 1.165) is 96.9 Å². The highest BCUT2D eigenvalue weighted by Gasteiger charge is 2.24. The summed E-state index contributed by atoms with van der Waals surface area (Å²) in [5.74, 6) is 1.02. The number of likely N-dealkylation sites (N-methyl/N-ethyl adjacent to an activating group) is 1. The van der Waals surface area contributed by atoms with Gasteiger partial charge >= 0.3 is 11.9 Å². The molecule has 0 aromatic rings. The summed E-state index contributed by atoms with van der Waals surface area (Å²) in [6.07, 6.45) is 41.9. The Morgan fingerprint density at radius 2 is 0.820 bits per heavy atom. The van der Waals surface area contributed by atoms with Crippen LogP contribution >= 0.6 is 0 Å². The quantitative estimate of drug-likeness (QED) is 0.0482. The maximum absolute atomic E-state index is 12.8. The van der Waals surface area contributed by atoms with Crippen LogP contribution in [0.5, 0.6) is 0 Å². The molecule has 0 spiro atoms. The molecule has 1 rings (SSSR count). The summed E-state index contributed by atoms with van der Waals surface area (Å²) in [7, 11) is 0. The molecule has 1 aliphatic rings. The monoisotopic (exact) mass is 863 g/mol. The van der Waals surface area contributed by atoms with Gasteiger partial charge in [0.05, 0.1) is 19.3 Å². The van der Waals surface area contributed by atoms with Crippen molar-refractivity contribution in [3.8, 4) is 0 Å². The van der Waals surface area contributed by atoms with Crippen molar-refractivity contribution in [3.63, 3.8) is 0 Å². The highest BCUT2D eigenvalue weighted by Crippen LogP contribution is 2.24. The molecule has 2 atom stereocenters. The summed E-state index contributed by atoms with van der Waals surface area (Å²) in [5.41, 5.74) is 0. The Bertz CT molecular complexity index is 898. The van der Waals surface area contributed by atoms with Crippen molar-refractivity contribution < 1.29 is 24.2 Å². The molecule has 1 aliphatic carbocycles. The van der Waals surface area contributed by atoms with E-state index in [2.05, 4.69) is 44.4 Å². The summed E-state index contributed by atoms with van der Waals surface area (Å²) in [5, 5.41) is 10.1.